The van der Waals surface area contributed by atoms with E-state index in [0.29, 0.717) is 5.56 Å². The Balaban J connectivity index is 2.01. The molecule has 0 radical (unpaired) electrons. The van der Waals surface area contributed by atoms with Crippen LogP contribution in [0, 0.1) is 11.8 Å². The molecular formula is C22H26N2O7. The monoisotopic (exact) mass is 430 g/mol. The van der Waals surface area contributed by atoms with Gasteiger partial charge < -0.3 is 36.2 Å². The molecule has 1 saturated carbocycles. The molecule has 9 nitrogen and oxygen atoms in total. The largest absolute Gasteiger partial charge is 0.507 e. The second-order valence-electron chi connectivity index (χ2n) is 8.85. The lowest BCUT2D eigenvalue weighted by molar-refractivity contribution is -0.163. The van der Waals surface area contributed by atoms with Crippen molar-refractivity contribution >= 4 is 17.4 Å². The second kappa shape index (κ2) is 6.89. The van der Waals surface area contributed by atoms with E-state index in [1.165, 1.54) is 11.0 Å². The summed E-state index contributed by atoms with van der Waals surface area (Å²) in [4.78, 5) is 27.1. The molecule has 1 aromatic rings. The van der Waals surface area contributed by atoms with Gasteiger partial charge in [-0.15, -0.1) is 0 Å². The van der Waals surface area contributed by atoms with Crippen LogP contribution < -0.4 is 5.73 Å². The molecule has 1 amide bonds. The highest BCUT2D eigenvalue weighted by atomic mass is 16.3. The number of carbonyl (C=O) groups excluding carboxylic acids is 2. The summed E-state index contributed by atoms with van der Waals surface area (Å²) in [6.07, 6.45) is -1.90. The van der Waals surface area contributed by atoms with Gasteiger partial charge in [0.25, 0.3) is 0 Å². The average molecular weight is 430 g/mol. The average Bonchev–Trinajstić information content (AvgIpc) is 2.69. The zero-order valence-electron chi connectivity index (χ0n) is 17.4. The number of phenolic OH excluding ortho intramolecular Hbond substituents is 1. The maximum absolute atomic E-state index is 13.6. The first-order valence-corrected chi connectivity index (χ1v) is 10.0. The third-order valence-corrected chi connectivity index (χ3v) is 7.05. The quantitative estimate of drug-likeness (QED) is 0.362. The number of nitrogens with zero attached hydrogens (tertiary/aromatic N) is 1. The fourth-order valence-corrected chi connectivity index (χ4v) is 5.65. The molecule has 1 fully saturated rings. The molecule has 3 aliphatic rings. The number of phenols is 1. The van der Waals surface area contributed by atoms with Gasteiger partial charge in [0.1, 0.15) is 17.6 Å². The molecular weight excluding hydrogens is 404 g/mol. The van der Waals surface area contributed by atoms with Crippen LogP contribution in [-0.2, 0) is 9.59 Å². The summed E-state index contributed by atoms with van der Waals surface area (Å²) in [5.74, 6) is -5.24. The molecule has 0 spiro atoms. The lowest BCUT2D eigenvalue weighted by Crippen LogP contribution is -2.69. The molecule has 9 heteroatoms. The molecule has 1 unspecified atom stereocenters. The van der Waals surface area contributed by atoms with Gasteiger partial charge in [0.2, 0.25) is 5.91 Å². The molecule has 7 N–H and O–H groups in total. The predicted octanol–water partition coefficient (Wildman–Crippen LogP) is -0.598. The van der Waals surface area contributed by atoms with Crippen LogP contribution in [-0.4, -0.2) is 80.1 Å². The van der Waals surface area contributed by atoms with Crippen molar-refractivity contribution in [3.63, 3.8) is 0 Å². The number of rotatable bonds is 2. The van der Waals surface area contributed by atoms with Crippen LogP contribution in [0.15, 0.2) is 35.4 Å². The Morgan fingerprint density at radius 3 is 2.42 bits per heavy atom. The SMILES string of the molecule is C[C@H]1c2cccc(O)c2C(O)=C2C(=O)[C@]3(O)C=C(C(N)=O)C(O)[C@@H](N(C)C)[C@@H]3[C@@H](O)[C@@H]21. The number of aliphatic hydroxyl groups excluding tert-OH is 3. The summed E-state index contributed by atoms with van der Waals surface area (Å²) in [7, 11) is 3.19. The standard InChI is InChI=1S/C22H26N2O7/c1-8-9-5-4-6-11(25)13(9)18(27)14-12(8)19(28)15-16(24(2)3)17(26)10(21(23)30)7-22(15,31)20(14)29/h4-8,12,15-17,19,25-28,31H,1-3H3,(H2,23,30)/t8-,12+,15+,16-,17?,19-,22-/m0/s1. The van der Waals surface area contributed by atoms with E-state index in [-0.39, 0.29) is 22.5 Å². The first-order chi connectivity index (χ1) is 14.4. The molecule has 3 aliphatic carbocycles. The van der Waals surface area contributed by atoms with E-state index in [1.807, 2.05) is 0 Å². The number of fused-ring (bicyclic) bond motifs is 3. The van der Waals surface area contributed by atoms with E-state index in [4.69, 9.17) is 5.73 Å². The Labute approximate surface area is 178 Å². The number of nitrogens with two attached hydrogens (primary N) is 1. The maximum Gasteiger partial charge on any atom is 0.247 e. The number of likely N-dealkylation sites (N-methyl/N-ethyl adjacent to an activating group) is 1. The number of primary amides is 1. The molecule has 0 aliphatic heterocycles. The number of aliphatic hydroxyl groups is 4. The number of benzene rings is 1. The Hall–Kier alpha value is -2.72. The minimum Gasteiger partial charge on any atom is -0.507 e. The van der Waals surface area contributed by atoms with Gasteiger partial charge in [-0.1, -0.05) is 19.1 Å². The van der Waals surface area contributed by atoms with E-state index in [1.54, 1.807) is 33.2 Å². The molecule has 0 saturated heterocycles. The second-order valence-corrected chi connectivity index (χ2v) is 8.85. The molecule has 0 heterocycles. The van der Waals surface area contributed by atoms with Gasteiger partial charge in [-0.2, -0.15) is 0 Å². The molecule has 1 aromatic carbocycles. The van der Waals surface area contributed by atoms with Crippen molar-refractivity contribution in [3.8, 4) is 5.75 Å². The van der Waals surface area contributed by atoms with Gasteiger partial charge in [0.15, 0.2) is 11.4 Å². The molecule has 0 aromatic heterocycles. The van der Waals surface area contributed by atoms with E-state index >= 15 is 0 Å². The first kappa shape index (κ1) is 21.5. The highest BCUT2D eigenvalue weighted by Crippen LogP contribution is 2.55. The molecule has 0 bridgehead atoms. The third-order valence-electron chi connectivity index (χ3n) is 7.05. The zero-order chi connectivity index (χ0) is 23.0. The Morgan fingerprint density at radius 2 is 1.84 bits per heavy atom. The zero-order valence-corrected chi connectivity index (χ0v) is 17.4. The van der Waals surface area contributed by atoms with Crippen LogP contribution >= 0.6 is 0 Å². The first-order valence-electron chi connectivity index (χ1n) is 10.0. The minimum atomic E-state index is -2.39. The number of carbonyl (C=O) groups is 2. The number of hydrogen-bond donors (Lipinski definition) is 6. The molecule has 31 heavy (non-hydrogen) atoms. The van der Waals surface area contributed by atoms with E-state index in [2.05, 4.69) is 0 Å². The van der Waals surface area contributed by atoms with Gasteiger partial charge in [-0.25, -0.2) is 0 Å². The van der Waals surface area contributed by atoms with E-state index < -0.39 is 59.1 Å². The number of ketones is 1. The normalized spacial score (nSPS) is 37.1. The Morgan fingerprint density at radius 1 is 1.19 bits per heavy atom. The van der Waals surface area contributed by atoms with Gasteiger partial charge in [-0.05, 0) is 37.7 Å². The van der Waals surface area contributed by atoms with Crippen LogP contribution in [0.3, 0.4) is 0 Å². The van der Waals surface area contributed by atoms with Crippen LogP contribution in [0.25, 0.3) is 5.76 Å². The predicted molar refractivity (Wildman–Crippen MR) is 110 cm³/mol. The fraction of sp³-hybridized carbons (Fsp3) is 0.455. The summed E-state index contributed by atoms with van der Waals surface area (Å²) < 4.78 is 0. The van der Waals surface area contributed by atoms with Crippen molar-refractivity contribution in [1.29, 1.82) is 0 Å². The Kier molecular flexibility index (Phi) is 4.78. The highest BCUT2D eigenvalue weighted by molar-refractivity contribution is 6.11. The van der Waals surface area contributed by atoms with Crippen LogP contribution in [0.5, 0.6) is 5.75 Å². The fourth-order valence-electron chi connectivity index (χ4n) is 5.65. The van der Waals surface area contributed by atoms with Gasteiger partial charge in [0, 0.05) is 29.0 Å². The van der Waals surface area contributed by atoms with Crippen LogP contribution in [0.4, 0.5) is 0 Å². The molecule has 7 atom stereocenters. The van der Waals surface area contributed by atoms with Gasteiger partial charge >= 0.3 is 0 Å². The maximum atomic E-state index is 13.6. The topological polar surface area (TPSA) is 165 Å². The number of hydrogen-bond acceptors (Lipinski definition) is 8. The summed E-state index contributed by atoms with van der Waals surface area (Å²) in [6, 6.07) is 3.66. The lowest BCUT2D eigenvalue weighted by Gasteiger charge is -2.55. The number of Topliss-reactive ketones (excluding diaryl/α,β-unsaturated/α-hetero) is 1. The summed E-state index contributed by atoms with van der Waals surface area (Å²) in [6.45, 7) is 1.75. The van der Waals surface area contributed by atoms with Gasteiger partial charge in [-0.3, -0.25) is 9.59 Å². The van der Waals surface area contributed by atoms with E-state index in [0.717, 1.165) is 6.08 Å². The molecule has 166 valence electrons. The van der Waals surface area contributed by atoms with Crippen LogP contribution in [0.1, 0.15) is 24.0 Å². The van der Waals surface area contributed by atoms with Crippen molar-refractivity contribution in [2.45, 2.75) is 36.7 Å². The van der Waals surface area contributed by atoms with Crippen molar-refractivity contribution in [2.24, 2.45) is 17.6 Å². The van der Waals surface area contributed by atoms with Crippen molar-refractivity contribution in [2.75, 3.05) is 14.1 Å². The smallest absolute Gasteiger partial charge is 0.247 e. The third kappa shape index (κ3) is 2.71. The summed E-state index contributed by atoms with van der Waals surface area (Å²) >= 11 is 0. The highest BCUT2D eigenvalue weighted by Gasteiger charge is 2.64. The molecule has 4 rings (SSSR count). The van der Waals surface area contributed by atoms with E-state index in [9.17, 15) is 35.1 Å². The van der Waals surface area contributed by atoms with Crippen molar-refractivity contribution in [3.05, 3.63) is 46.5 Å². The number of amides is 1. The van der Waals surface area contributed by atoms with Crippen molar-refractivity contribution < 1.29 is 35.1 Å². The summed E-state index contributed by atoms with van der Waals surface area (Å²) in [5.41, 5.74) is 3.05. The minimum absolute atomic E-state index is 0.0722. The van der Waals surface area contributed by atoms with Crippen molar-refractivity contribution in [1.82, 2.24) is 4.90 Å². The summed E-state index contributed by atoms with van der Waals surface area (Å²) in [5, 5.41) is 55.0. The van der Waals surface area contributed by atoms with Crippen LogP contribution in [0.2, 0.25) is 0 Å². The Bertz CT molecular complexity index is 1050. The van der Waals surface area contributed by atoms with Gasteiger partial charge in [0.05, 0.1) is 11.7 Å². The number of aromatic hydroxyl groups is 1. The lowest BCUT2D eigenvalue weighted by atomic mass is 9.54.